The maximum atomic E-state index is 11.7. The number of aliphatic carboxylic acids is 1. The molecule has 0 saturated heterocycles. The first kappa shape index (κ1) is 16.2. The van der Waals surface area contributed by atoms with Crippen molar-refractivity contribution < 1.29 is 24.2 Å². The Labute approximate surface area is 121 Å². The molecule has 1 unspecified atom stereocenters. The van der Waals surface area contributed by atoms with E-state index in [1.807, 2.05) is 0 Å². The normalized spacial score (nSPS) is 11.9. The molecule has 2 amide bonds. The molecule has 7 heteroatoms. The van der Waals surface area contributed by atoms with Crippen molar-refractivity contribution in [3.63, 3.8) is 0 Å². The monoisotopic (exact) mass is 292 g/mol. The highest BCUT2D eigenvalue weighted by Gasteiger charge is 2.21. The molecule has 0 aliphatic rings. The Kier molecular flexibility index (Phi) is 5.94. The van der Waals surface area contributed by atoms with Crippen molar-refractivity contribution in [2.24, 2.45) is 5.73 Å². The van der Waals surface area contributed by atoms with E-state index < -0.39 is 30.2 Å². The lowest BCUT2D eigenvalue weighted by Crippen LogP contribution is -2.42. The summed E-state index contributed by atoms with van der Waals surface area (Å²) in [6, 6.07) is 5.67. The molecular weight excluding hydrogens is 276 g/mol. The zero-order chi connectivity index (χ0) is 15.8. The Hall–Kier alpha value is -2.83. The molecule has 0 aliphatic carbocycles. The van der Waals surface area contributed by atoms with Gasteiger partial charge in [-0.25, -0.2) is 4.79 Å². The molecule has 0 saturated carbocycles. The summed E-state index contributed by atoms with van der Waals surface area (Å²) in [5.74, 6) is -2.20. The van der Waals surface area contributed by atoms with Crippen LogP contribution in [0.25, 0.3) is 6.08 Å². The Morgan fingerprint density at radius 2 is 2.05 bits per heavy atom. The van der Waals surface area contributed by atoms with Gasteiger partial charge in [-0.1, -0.05) is 18.2 Å². The summed E-state index contributed by atoms with van der Waals surface area (Å²) in [7, 11) is 1.50. The number of carbonyl (C=O) groups excluding carboxylic acids is 2. The van der Waals surface area contributed by atoms with Crippen LogP contribution in [-0.2, 0) is 14.4 Å². The SMILES string of the molecule is COc1ccccc1/C=C/C(=O)NC(CC(N)=O)C(=O)O. The number of ether oxygens (including phenoxy) is 1. The van der Waals surface area contributed by atoms with Crippen LogP contribution in [0.4, 0.5) is 0 Å². The van der Waals surface area contributed by atoms with Gasteiger partial charge >= 0.3 is 5.97 Å². The summed E-state index contributed by atoms with van der Waals surface area (Å²) in [6.07, 6.45) is 2.18. The Balaban J connectivity index is 2.73. The number of nitrogens with two attached hydrogens (primary N) is 1. The zero-order valence-electron chi connectivity index (χ0n) is 11.4. The van der Waals surface area contributed by atoms with Crippen LogP contribution >= 0.6 is 0 Å². The maximum absolute atomic E-state index is 11.7. The van der Waals surface area contributed by atoms with Crippen molar-refractivity contribution in [1.82, 2.24) is 5.32 Å². The molecule has 21 heavy (non-hydrogen) atoms. The Morgan fingerprint density at radius 3 is 2.62 bits per heavy atom. The van der Waals surface area contributed by atoms with Crippen LogP contribution < -0.4 is 15.8 Å². The molecule has 1 atom stereocenters. The highest BCUT2D eigenvalue weighted by atomic mass is 16.5. The van der Waals surface area contributed by atoms with Crippen LogP contribution in [0, 0.1) is 0 Å². The van der Waals surface area contributed by atoms with Gasteiger partial charge in [0.25, 0.3) is 0 Å². The number of methoxy groups -OCH3 is 1. The number of carboxylic acids is 1. The first-order valence-electron chi connectivity index (χ1n) is 6.06. The fraction of sp³-hybridized carbons (Fsp3) is 0.214. The fourth-order valence-corrected chi connectivity index (χ4v) is 1.59. The molecule has 0 radical (unpaired) electrons. The van der Waals surface area contributed by atoms with Crippen molar-refractivity contribution >= 4 is 23.9 Å². The van der Waals surface area contributed by atoms with Gasteiger partial charge in [0, 0.05) is 11.6 Å². The molecular formula is C14H16N2O5. The van der Waals surface area contributed by atoms with E-state index >= 15 is 0 Å². The van der Waals surface area contributed by atoms with Gasteiger partial charge in [0.15, 0.2) is 0 Å². The van der Waals surface area contributed by atoms with Gasteiger partial charge < -0.3 is 20.9 Å². The van der Waals surface area contributed by atoms with Crippen LogP contribution in [0.1, 0.15) is 12.0 Å². The number of para-hydroxylation sites is 1. The summed E-state index contributed by atoms with van der Waals surface area (Å²) >= 11 is 0. The van der Waals surface area contributed by atoms with Crippen molar-refractivity contribution in [1.29, 1.82) is 0 Å². The van der Waals surface area contributed by atoms with Crippen molar-refractivity contribution in [2.45, 2.75) is 12.5 Å². The average molecular weight is 292 g/mol. The van der Waals surface area contributed by atoms with Gasteiger partial charge in [-0.2, -0.15) is 0 Å². The minimum atomic E-state index is -1.35. The third-order valence-corrected chi connectivity index (χ3v) is 2.57. The van der Waals surface area contributed by atoms with Crippen LogP contribution in [0.3, 0.4) is 0 Å². The zero-order valence-corrected chi connectivity index (χ0v) is 11.4. The van der Waals surface area contributed by atoms with E-state index in [0.29, 0.717) is 11.3 Å². The maximum Gasteiger partial charge on any atom is 0.326 e. The van der Waals surface area contributed by atoms with E-state index in [-0.39, 0.29) is 0 Å². The highest BCUT2D eigenvalue weighted by molar-refractivity contribution is 5.95. The molecule has 0 aliphatic heterocycles. The molecule has 1 aromatic rings. The predicted octanol–water partition coefficient (Wildman–Crippen LogP) is 0.153. The number of amides is 2. The third-order valence-electron chi connectivity index (χ3n) is 2.57. The smallest absolute Gasteiger partial charge is 0.326 e. The van der Waals surface area contributed by atoms with Crippen LogP contribution in [0.5, 0.6) is 5.75 Å². The first-order chi connectivity index (χ1) is 9.93. The van der Waals surface area contributed by atoms with Crippen molar-refractivity contribution in [3.8, 4) is 5.75 Å². The summed E-state index contributed by atoms with van der Waals surface area (Å²) in [6.45, 7) is 0. The molecule has 112 valence electrons. The second kappa shape index (κ2) is 7.68. The fourth-order valence-electron chi connectivity index (χ4n) is 1.59. The average Bonchev–Trinajstić information content (AvgIpc) is 2.44. The van der Waals surface area contributed by atoms with E-state index in [0.717, 1.165) is 6.08 Å². The molecule has 0 heterocycles. The molecule has 4 N–H and O–H groups in total. The molecule has 1 rings (SSSR count). The quantitative estimate of drug-likeness (QED) is 0.618. The summed E-state index contributed by atoms with van der Waals surface area (Å²) in [5, 5.41) is 11.1. The van der Waals surface area contributed by atoms with E-state index in [4.69, 9.17) is 15.6 Å². The lowest BCUT2D eigenvalue weighted by molar-refractivity contribution is -0.142. The number of primary amides is 1. The first-order valence-corrected chi connectivity index (χ1v) is 6.06. The molecule has 1 aromatic carbocycles. The van der Waals surface area contributed by atoms with Crippen molar-refractivity contribution in [2.75, 3.05) is 7.11 Å². The second-order valence-corrected chi connectivity index (χ2v) is 4.15. The Morgan fingerprint density at radius 1 is 1.38 bits per heavy atom. The number of hydrogen-bond donors (Lipinski definition) is 3. The number of benzene rings is 1. The third kappa shape index (κ3) is 5.35. The number of carboxylic acid groups (broad SMARTS) is 1. The number of rotatable bonds is 7. The lowest BCUT2D eigenvalue weighted by atomic mass is 10.1. The molecule has 0 aromatic heterocycles. The van der Waals surface area contributed by atoms with Gasteiger partial charge in [0.05, 0.1) is 13.5 Å². The van der Waals surface area contributed by atoms with Crippen LogP contribution in [0.15, 0.2) is 30.3 Å². The summed E-state index contributed by atoms with van der Waals surface area (Å²) in [5.41, 5.74) is 5.59. The minimum Gasteiger partial charge on any atom is -0.496 e. The molecule has 0 fully saturated rings. The number of carbonyl (C=O) groups is 3. The van der Waals surface area contributed by atoms with Crippen molar-refractivity contribution in [3.05, 3.63) is 35.9 Å². The minimum absolute atomic E-state index is 0.469. The predicted molar refractivity (Wildman–Crippen MR) is 75.4 cm³/mol. The van der Waals surface area contributed by atoms with Gasteiger partial charge in [-0.3, -0.25) is 9.59 Å². The lowest BCUT2D eigenvalue weighted by Gasteiger charge is -2.10. The second-order valence-electron chi connectivity index (χ2n) is 4.15. The van der Waals surface area contributed by atoms with Gasteiger partial charge in [-0.05, 0) is 12.1 Å². The van der Waals surface area contributed by atoms with E-state index in [1.54, 1.807) is 24.3 Å². The molecule has 0 bridgehead atoms. The largest absolute Gasteiger partial charge is 0.496 e. The topological polar surface area (TPSA) is 119 Å². The Bertz CT molecular complexity index is 568. The molecule has 7 nitrogen and oxygen atoms in total. The van der Waals surface area contributed by atoms with Crippen LogP contribution in [-0.4, -0.2) is 36.0 Å². The van der Waals surface area contributed by atoms with E-state index in [2.05, 4.69) is 5.32 Å². The van der Waals surface area contributed by atoms with E-state index in [1.165, 1.54) is 13.2 Å². The van der Waals surface area contributed by atoms with Gasteiger partial charge in [0.2, 0.25) is 11.8 Å². The molecule has 0 spiro atoms. The summed E-state index contributed by atoms with van der Waals surface area (Å²) < 4.78 is 5.11. The standard InChI is InChI=1S/C14H16N2O5/c1-21-11-5-3-2-4-9(11)6-7-13(18)16-10(14(19)20)8-12(15)17/h2-7,10H,8H2,1H3,(H2,15,17)(H,16,18)(H,19,20)/b7-6+. The number of hydrogen-bond acceptors (Lipinski definition) is 4. The number of nitrogens with one attached hydrogen (secondary N) is 1. The summed E-state index contributed by atoms with van der Waals surface area (Å²) in [4.78, 5) is 33.3. The van der Waals surface area contributed by atoms with Crippen LogP contribution in [0.2, 0.25) is 0 Å². The highest BCUT2D eigenvalue weighted by Crippen LogP contribution is 2.18. The van der Waals surface area contributed by atoms with E-state index in [9.17, 15) is 14.4 Å². The van der Waals surface area contributed by atoms with Gasteiger partial charge in [0.1, 0.15) is 11.8 Å². The van der Waals surface area contributed by atoms with Gasteiger partial charge in [-0.15, -0.1) is 0 Å².